The van der Waals surface area contributed by atoms with Crippen LogP contribution < -0.4 is 5.32 Å². The summed E-state index contributed by atoms with van der Waals surface area (Å²) in [6, 6.07) is 4.99. The second-order valence-electron chi connectivity index (χ2n) is 7.04. The Kier molecular flexibility index (Phi) is 7.01. The largest absolute Gasteiger partial charge is 0.481 e. The first kappa shape index (κ1) is 21.0. The standard InChI is InChI=1S/C19H24F3N3O2/c1-13(2)7-16(18(26)27)10-23-8-15-9-24-25(12-15)11-14-3-5-17(6-4-14)19(20,21)22/h3-6,9,12-13,16,23H,7-8,10-11H2,1-2H3,(H,26,27). The lowest BCUT2D eigenvalue weighted by Crippen LogP contribution is -2.29. The van der Waals surface area contributed by atoms with Crippen LogP contribution in [0.4, 0.5) is 13.2 Å². The summed E-state index contributed by atoms with van der Waals surface area (Å²) in [6.45, 7) is 5.19. The minimum Gasteiger partial charge on any atom is -0.481 e. The summed E-state index contributed by atoms with van der Waals surface area (Å²) in [4.78, 5) is 11.2. The van der Waals surface area contributed by atoms with Crippen molar-refractivity contribution in [2.45, 2.75) is 39.5 Å². The van der Waals surface area contributed by atoms with Crippen LogP contribution >= 0.6 is 0 Å². The zero-order chi connectivity index (χ0) is 20.0. The van der Waals surface area contributed by atoms with Gasteiger partial charge in [0.25, 0.3) is 0 Å². The lowest BCUT2D eigenvalue weighted by atomic mass is 9.97. The van der Waals surface area contributed by atoms with E-state index in [0.29, 0.717) is 37.5 Å². The third-order valence-corrected chi connectivity index (χ3v) is 4.14. The van der Waals surface area contributed by atoms with Gasteiger partial charge in [-0.2, -0.15) is 18.3 Å². The van der Waals surface area contributed by atoms with Gasteiger partial charge in [0.15, 0.2) is 0 Å². The number of carbonyl (C=O) groups is 1. The first-order valence-corrected chi connectivity index (χ1v) is 8.76. The molecule has 0 saturated carbocycles. The quantitative estimate of drug-likeness (QED) is 0.691. The van der Waals surface area contributed by atoms with E-state index in [1.54, 1.807) is 17.1 Å². The number of nitrogens with one attached hydrogen (secondary N) is 1. The van der Waals surface area contributed by atoms with Gasteiger partial charge in [-0.05, 0) is 30.0 Å². The molecule has 0 spiro atoms. The van der Waals surface area contributed by atoms with Gasteiger partial charge in [-0.1, -0.05) is 26.0 Å². The van der Waals surface area contributed by atoms with Crippen molar-refractivity contribution in [3.63, 3.8) is 0 Å². The van der Waals surface area contributed by atoms with Crippen molar-refractivity contribution in [1.29, 1.82) is 0 Å². The number of nitrogens with zero attached hydrogens (tertiary/aromatic N) is 2. The smallest absolute Gasteiger partial charge is 0.416 e. The molecule has 0 fully saturated rings. The van der Waals surface area contributed by atoms with E-state index in [-0.39, 0.29) is 0 Å². The Morgan fingerprint density at radius 1 is 1.22 bits per heavy atom. The maximum atomic E-state index is 12.6. The molecule has 1 atom stereocenters. The normalized spacial score (nSPS) is 13.1. The molecule has 2 rings (SSSR count). The van der Waals surface area contributed by atoms with Crippen LogP contribution in [0.2, 0.25) is 0 Å². The highest BCUT2D eigenvalue weighted by atomic mass is 19.4. The first-order chi connectivity index (χ1) is 12.6. The van der Waals surface area contributed by atoms with Crippen LogP contribution in [0, 0.1) is 11.8 Å². The topological polar surface area (TPSA) is 67.2 Å². The average molecular weight is 383 g/mol. The van der Waals surface area contributed by atoms with E-state index in [0.717, 1.165) is 17.7 Å². The minimum atomic E-state index is -4.34. The fourth-order valence-electron chi connectivity index (χ4n) is 2.80. The number of alkyl halides is 3. The number of carboxylic acids is 1. The summed E-state index contributed by atoms with van der Waals surface area (Å²) in [5.74, 6) is -0.944. The number of rotatable bonds is 9. The molecule has 148 valence electrons. The van der Waals surface area contributed by atoms with Gasteiger partial charge in [0.05, 0.1) is 24.2 Å². The van der Waals surface area contributed by atoms with E-state index in [2.05, 4.69) is 10.4 Å². The number of aliphatic carboxylic acids is 1. The molecule has 0 saturated heterocycles. The van der Waals surface area contributed by atoms with E-state index in [1.807, 2.05) is 13.8 Å². The summed E-state index contributed by atoms with van der Waals surface area (Å²) in [6.07, 6.45) is -0.278. The zero-order valence-corrected chi connectivity index (χ0v) is 15.3. The highest BCUT2D eigenvalue weighted by molar-refractivity contribution is 5.70. The predicted octanol–water partition coefficient (Wildman–Crippen LogP) is 3.79. The summed E-state index contributed by atoms with van der Waals surface area (Å²) < 4.78 is 39.4. The number of halogens is 3. The van der Waals surface area contributed by atoms with Crippen LogP contribution in [0.3, 0.4) is 0 Å². The number of aromatic nitrogens is 2. The average Bonchev–Trinajstić information content (AvgIpc) is 3.00. The molecule has 1 aromatic heterocycles. The van der Waals surface area contributed by atoms with E-state index < -0.39 is 23.6 Å². The molecule has 1 heterocycles. The number of hydrogen-bond acceptors (Lipinski definition) is 3. The lowest BCUT2D eigenvalue weighted by Gasteiger charge is -2.15. The Bertz CT molecular complexity index is 739. The molecule has 2 aromatic rings. The third-order valence-electron chi connectivity index (χ3n) is 4.14. The number of hydrogen-bond donors (Lipinski definition) is 2. The first-order valence-electron chi connectivity index (χ1n) is 8.76. The Morgan fingerprint density at radius 3 is 2.44 bits per heavy atom. The van der Waals surface area contributed by atoms with Gasteiger partial charge < -0.3 is 10.4 Å². The molecule has 0 aliphatic heterocycles. The van der Waals surface area contributed by atoms with E-state index in [1.165, 1.54) is 12.1 Å². The van der Waals surface area contributed by atoms with Crippen LogP contribution in [-0.4, -0.2) is 27.4 Å². The molecule has 0 amide bonds. The third kappa shape index (κ3) is 6.71. The summed E-state index contributed by atoms with van der Waals surface area (Å²) in [5.41, 5.74) is 0.926. The highest BCUT2D eigenvalue weighted by Crippen LogP contribution is 2.29. The summed E-state index contributed by atoms with van der Waals surface area (Å²) in [5, 5.41) is 16.6. The van der Waals surface area contributed by atoms with Gasteiger partial charge in [0, 0.05) is 24.8 Å². The van der Waals surface area contributed by atoms with Crippen molar-refractivity contribution in [3.8, 4) is 0 Å². The second kappa shape index (κ2) is 9.03. The maximum absolute atomic E-state index is 12.6. The van der Waals surface area contributed by atoms with Crippen LogP contribution in [0.25, 0.3) is 0 Å². The summed E-state index contributed by atoms with van der Waals surface area (Å²) in [7, 11) is 0. The summed E-state index contributed by atoms with van der Waals surface area (Å²) >= 11 is 0. The minimum absolute atomic E-state index is 0.305. The van der Waals surface area contributed by atoms with Crippen molar-refractivity contribution < 1.29 is 23.1 Å². The molecular weight excluding hydrogens is 359 g/mol. The number of carboxylic acid groups (broad SMARTS) is 1. The molecule has 0 bridgehead atoms. The van der Waals surface area contributed by atoms with E-state index >= 15 is 0 Å². The Balaban J connectivity index is 1.86. The zero-order valence-electron chi connectivity index (χ0n) is 15.3. The van der Waals surface area contributed by atoms with Crippen LogP contribution in [0.5, 0.6) is 0 Å². The van der Waals surface area contributed by atoms with Gasteiger partial charge in [-0.3, -0.25) is 9.48 Å². The fraction of sp³-hybridized carbons (Fsp3) is 0.474. The molecule has 1 aromatic carbocycles. The highest BCUT2D eigenvalue weighted by Gasteiger charge is 2.29. The van der Waals surface area contributed by atoms with Gasteiger partial charge in [0.1, 0.15) is 0 Å². The molecule has 0 radical (unpaired) electrons. The van der Waals surface area contributed by atoms with Gasteiger partial charge in [-0.15, -0.1) is 0 Å². The molecule has 1 unspecified atom stereocenters. The van der Waals surface area contributed by atoms with Crippen LogP contribution in [0.15, 0.2) is 36.7 Å². The van der Waals surface area contributed by atoms with Gasteiger partial charge >= 0.3 is 12.1 Å². The molecule has 27 heavy (non-hydrogen) atoms. The lowest BCUT2D eigenvalue weighted by molar-refractivity contribution is -0.142. The second-order valence-corrected chi connectivity index (χ2v) is 7.04. The van der Waals surface area contributed by atoms with Crippen molar-refractivity contribution in [2.75, 3.05) is 6.54 Å². The maximum Gasteiger partial charge on any atom is 0.416 e. The van der Waals surface area contributed by atoms with E-state index in [4.69, 9.17) is 0 Å². The molecular formula is C19H24F3N3O2. The Hall–Kier alpha value is -2.35. The molecule has 8 heteroatoms. The molecule has 5 nitrogen and oxygen atoms in total. The molecule has 0 aliphatic carbocycles. The SMILES string of the molecule is CC(C)CC(CNCc1cnn(Cc2ccc(C(F)(F)F)cc2)c1)C(=O)O. The van der Waals surface area contributed by atoms with Crippen molar-refractivity contribution >= 4 is 5.97 Å². The fourth-order valence-corrected chi connectivity index (χ4v) is 2.80. The Morgan fingerprint density at radius 2 is 1.89 bits per heavy atom. The number of benzene rings is 1. The van der Waals surface area contributed by atoms with Crippen molar-refractivity contribution in [2.24, 2.45) is 11.8 Å². The van der Waals surface area contributed by atoms with Crippen LogP contribution in [0.1, 0.15) is 37.0 Å². The van der Waals surface area contributed by atoms with Crippen molar-refractivity contribution in [3.05, 3.63) is 53.3 Å². The monoisotopic (exact) mass is 383 g/mol. The predicted molar refractivity (Wildman–Crippen MR) is 95.1 cm³/mol. The van der Waals surface area contributed by atoms with Crippen LogP contribution in [-0.2, 0) is 24.1 Å². The van der Waals surface area contributed by atoms with Gasteiger partial charge in [0.2, 0.25) is 0 Å². The van der Waals surface area contributed by atoms with Crippen molar-refractivity contribution in [1.82, 2.24) is 15.1 Å². The van der Waals surface area contributed by atoms with E-state index in [9.17, 15) is 23.1 Å². The Labute approximate surface area is 156 Å². The van der Waals surface area contributed by atoms with Gasteiger partial charge in [-0.25, -0.2) is 0 Å². The molecule has 2 N–H and O–H groups in total. The molecule has 0 aliphatic rings.